The van der Waals surface area contributed by atoms with Crippen molar-refractivity contribution < 1.29 is 18.0 Å². The summed E-state index contributed by atoms with van der Waals surface area (Å²) < 4.78 is 25.5. The number of nitrogens with zero attached hydrogens (tertiary/aromatic N) is 3. The van der Waals surface area contributed by atoms with Crippen LogP contribution in [0.2, 0.25) is 0 Å². The SMILES string of the molecule is CC(=O)N1CCN(C(=O)CCN(CCC2=CCCCC2)S(C)(=O)=O)CC1. The molecule has 0 aromatic carbocycles. The monoisotopic (exact) mass is 385 g/mol. The highest BCUT2D eigenvalue weighted by Gasteiger charge is 2.24. The Labute approximate surface area is 157 Å². The van der Waals surface area contributed by atoms with E-state index in [0.29, 0.717) is 32.7 Å². The molecule has 0 aromatic rings. The van der Waals surface area contributed by atoms with Crippen molar-refractivity contribution in [3.05, 3.63) is 11.6 Å². The Morgan fingerprint density at radius 2 is 1.73 bits per heavy atom. The van der Waals surface area contributed by atoms with Crippen molar-refractivity contribution in [3.63, 3.8) is 0 Å². The van der Waals surface area contributed by atoms with Crippen LogP contribution >= 0.6 is 0 Å². The molecule has 2 rings (SSSR count). The molecule has 0 N–H and O–H groups in total. The van der Waals surface area contributed by atoms with Crippen LogP contribution in [0.15, 0.2) is 11.6 Å². The van der Waals surface area contributed by atoms with Gasteiger partial charge < -0.3 is 9.80 Å². The third-order valence-corrected chi connectivity index (χ3v) is 6.49. The number of carbonyl (C=O) groups is 2. The molecule has 1 aliphatic carbocycles. The van der Waals surface area contributed by atoms with Crippen LogP contribution in [-0.4, -0.2) is 79.9 Å². The van der Waals surface area contributed by atoms with Crippen LogP contribution in [-0.2, 0) is 19.6 Å². The fourth-order valence-corrected chi connectivity index (χ4v) is 4.34. The zero-order valence-corrected chi connectivity index (χ0v) is 16.8. The van der Waals surface area contributed by atoms with E-state index in [9.17, 15) is 18.0 Å². The molecule has 0 spiro atoms. The first-order chi connectivity index (χ1) is 12.3. The maximum atomic E-state index is 12.4. The molecule has 0 aromatic heterocycles. The third-order valence-electron chi connectivity index (χ3n) is 5.19. The van der Waals surface area contributed by atoms with Gasteiger partial charge in [0.2, 0.25) is 21.8 Å². The zero-order valence-electron chi connectivity index (χ0n) is 15.9. The number of sulfonamides is 1. The lowest BCUT2D eigenvalue weighted by Gasteiger charge is -2.34. The van der Waals surface area contributed by atoms with Crippen molar-refractivity contribution in [3.8, 4) is 0 Å². The molecule has 0 bridgehead atoms. The summed E-state index contributed by atoms with van der Waals surface area (Å²) in [5, 5.41) is 0. The fraction of sp³-hybridized carbons (Fsp3) is 0.778. The second-order valence-corrected chi connectivity index (χ2v) is 9.14. The molecule has 2 amide bonds. The van der Waals surface area contributed by atoms with E-state index in [1.165, 1.54) is 35.9 Å². The van der Waals surface area contributed by atoms with Crippen molar-refractivity contribution in [1.82, 2.24) is 14.1 Å². The lowest BCUT2D eigenvalue weighted by atomic mass is 9.97. The highest BCUT2D eigenvalue weighted by Crippen LogP contribution is 2.20. The van der Waals surface area contributed by atoms with E-state index in [4.69, 9.17) is 0 Å². The molecule has 1 heterocycles. The van der Waals surface area contributed by atoms with E-state index in [1.807, 2.05) is 0 Å². The quantitative estimate of drug-likeness (QED) is 0.618. The van der Waals surface area contributed by atoms with Gasteiger partial charge in [0.05, 0.1) is 6.26 Å². The normalized spacial score (nSPS) is 18.8. The molecule has 26 heavy (non-hydrogen) atoms. The molecule has 1 aliphatic heterocycles. The smallest absolute Gasteiger partial charge is 0.224 e. The number of amides is 2. The first-order valence-electron chi connectivity index (χ1n) is 9.43. The summed E-state index contributed by atoms with van der Waals surface area (Å²) >= 11 is 0. The molecule has 7 nitrogen and oxygen atoms in total. The maximum absolute atomic E-state index is 12.4. The van der Waals surface area contributed by atoms with Gasteiger partial charge >= 0.3 is 0 Å². The van der Waals surface area contributed by atoms with Crippen molar-refractivity contribution in [2.45, 2.75) is 45.4 Å². The van der Waals surface area contributed by atoms with Gasteiger partial charge in [0.1, 0.15) is 0 Å². The Kier molecular flexibility index (Phi) is 7.64. The number of piperazine rings is 1. The van der Waals surface area contributed by atoms with Gasteiger partial charge in [0, 0.05) is 52.6 Å². The topological polar surface area (TPSA) is 78.0 Å². The zero-order chi connectivity index (χ0) is 19.2. The van der Waals surface area contributed by atoms with Crippen molar-refractivity contribution in [2.75, 3.05) is 45.5 Å². The lowest BCUT2D eigenvalue weighted by molar-refractivity contribution is -0.138. The van der Waals surface area contributed by atoms with E-state index < -0.39 is 10.0 Å². The van der Waals surface area contributed by atoms with Crippen LogP contribution in [0.4, 0.5) is 0 Å². The summed E-state index contributed by atoms with van der Waals surface area (Å²) in [5.41, 5.74) is 1.33. The number of hydrogen-bond acceptors (Lipinski definition) is 4. The average molecular weight is 386 g/mol. The number of allylic oxidation sites excluding steroid dienone is 1. The minimum Gasteiger partial charge on any atom is -0.339 e. The van der Waals surface area contributed by atoms with Crippen LogP contribution in [0.25, 0.3) is 0 Å². The van der Waals surface area contributed by atoms with Crippen LogP contribution < -0.4 is 0 Å². The van der Waals surface area contributed by atoms with Gasteiger partial charge in [-0.25, -0.2) is 12.7 Å². The van der Waals surface area contributed by atoms with E-state index in [0.717, 1.165) is 19.3 Å². The summed E-state index contributed by atoms with van der Waals surface area (Å²) in [6.45, 7) is 4.32. The average Bonchev–Trinajstić information content (AvgIpc) is 2.61. The summed E-state index contributed by atoms with van der Waals surface area (Å²) in [6.07, 6.45) is 8.89. The Bertz CT molecular complexity index is 637. The summed E-state index contributed by atoms with van der Waals surface area (Å²) in [5.74, 6) is -0.0175. The molecule has 1 saturated heterocycles. The Morgan fingerprint density at radius 3 is 2.27 bits per heavy atom. The van der Waals surface area contributed by atoms with Crippen LogP contribution in [0.1, 0.15) is 45.4 Å². The largest absolute Gasteiger partial charge is 0.339 e. The molecule has 8 heteroatoms. The minimum atomic E-state index is -3.33. The third kappa shape index (κ3) is 6.39. The van der Waals surface area contributed by atoms with Gasteiger partial charge in [-0.1, -0.05) is 11.6 Å². The molecule has 0 radical (unpaired) electrons. The molecular weight excluding hydrogens is 354 g/mol. The van der Waals surface area contributed by atoms with Crippen molar-refractivity contribution >= 4 is 21.8 Å². The van der Waals surface area contributed by atoms with Crippen LogP contribution in [0, 0.1) is 0 Å². The maximum Gasteiger partial charge on any atom is 0.224 e. The molecule has 0 unspecified atom stereocenters. The molecular formula is C18H31N3O4S. The number of carbonyl (C=O) groups excluding carboxylic acids is 2. The van der Waals surface area contributed by atoms with Crippen molar-refractivity contribution in [1.29, 1.82) is 0 Å². The molecule has 0 atom stereocenters. The standard InChI is InChI=1S/C18H31N3O4S/c1-16(22)19-12-14-20(15-13-19)18(23)9-11-21(26(2,24)25)10-8-17-6-4-3-5-7-17/h6H,3-5,7-15H2,1-2H3. The molecule has 0 saturated carbocycles. The van der Waals surface area contributed by atoms with Gasteiger partial charge in [0.15, 0.2) is 0 Å². The molecule has 148 valence electrons. The summed E-state index contributed by atoms with van der Waals surface area (Å²) in [7, 11) is -3.33. The number of rotatable bonds is 7. The van der Waals surface area contributed by atoms with Gasteiger partial charge in [-0.05, 0) is 32.1 Å². The number of hydrogen-bond donors (Lipinski definition) is 0. The van der Waals surface area contributed by atoms with E-state index >= 15 is 0 Å². The Hall–Kier alpha value is -1.41. The summed E-state index contributed by atoms with van der Waals surface area (Å²) in [6, 6.07) is 0. The highest BCUT2D eigenvalue weighted by atomic mass is 32.2. The predicted octanol–water partition coefficient (Wildman–Crippen LogP) is 1.22. The predicted molar refractivity (Wildman–Crippen MR) is 101 cm³/mol. The molecule has 2 aliphatic rings. The van der Waals surface area contributed by atoms with Gasteiger partial charge in [-0.2, -0.15) is 0 Å². The second-order valence-electron chi connectivity index (χ2n) is 7.16. The highest BCUT2D eigenvalue weighted by molar-refractivity contribution is 7.88. The minimum absolute atomic E-state index is 0.0253. The first kappa shape index (κ1) is 20.9. The van der Waals surface area contributed by atoms with Crippen molar-refractivity contribution in [2.24, 2.45) is 0 Å². The summed E-state index contributed by atoms with van der Waals surface area (Å²) in [4.78, 5) is 27.2. The first-order valence-corrected chi connectivity index (χ1v) is 11.3. The Balaban J connectivity index is 1.82. The van der Waals surface area contributed by atoms with E-state index in [2.05, 4.69) is 6.08 Å². The van der Waals surface area contributed by atoms with Gasteiger partial charge in [-0.3, -0.25) is 9.59 Å². The Morgan fingerprint density at radius 1 is 1.08 bits per heavy atom. The lowest BCUT2D eigenvalue weighted by Crippen LogP contribution is -2.50. The van der Waals surface area contributed by atoms with Gasteiger partial charge in [-0.15, -0.1) is 0 Å². The van der Waals surface area contributed by atoms with E-state index in [1.54, 1.807) is 9.80 Å². The molecule has 1 fully saturated rings. The van der Waals surface area contributed by atoms with Crippen LogP contribution in [0.5, 0.6) is 0 Å². The van der Waals surface area contributed by atoms with Gasteiger partial charge in [0.25, 0.3) is 0 Å². The second kappa shape index (κ2) is 9.50. The van der Waals surface area contributed by atoms with E-state index in [-0.39, 0.29) is 24.8 Å². The fourth-order valence-electron chi connectivity index (χ4n) is 3.49. The van der Waals surface area contributed by atoms with Crippen LogP contribution in [0.3, 0.4) is 0 Å².